The summed E-state index contributed by atoms with van der Waals surface area (Å²) in [6, 6.07) is 7.45. The van der Waals surface area contributed by atoms with Crippen LogP contribution in [0.5, 0.6) is 5.75 Å². The molecule has 10 nitrogen and oxygen atoms in total. The van der Waals surface area contributed by atoms with Gasteiger partial charge < -0.3 is 24.3 Å². The van der Waals surface area contributed by atoms with Crippen molar-refractivity contribution >= 4 is 45.9 Å². The summed E-state index contributed by atoms with van der Waals surface area (Å²) in [7, 11) is 7.90. The minimum atomic E-state index is -0.620. The highest BCUT2D eigenvalue weighted by Gasteiger charge is 2.27. The minimum Gasteiger partial charge on any atom is -0.497 e. The predicted molar refractivity (Wildman–Crippen MR) is 131 cm³/mol. The zero-order valence-electron chi connectivity index (χ0n) is 19.7. The Morgan fingerprint density at radius 2 is 1.94 bits per heavy atom. The molecule has 34 heavy (non-hydrogen) atoms. The van der Waals surface area contributed by atoms with Gasteiger partial charge in [0.05, 0.1) is 30.4 Å². The molecule has 3 aromatic rings. The van der Waals surface area contributed by atoms with E-state index in [1.165, 1.54) is 23.8 Å². The van der Waals surface area contributed by atoms with Gasteiger partial charge in [-0.3, -0.25) is 9.59 Å². The number of carbonyl (C=O) groups is 3. The number of nitrogens with one attached hydrogen (secondary N) is 1. The number of ether oxygens (including phenoxy) is 2. The molecule has 0 aliphatic heterocycles. The Balaban J connectivity index is 1.76. The lowest BCUT2D eigenvalue weighted by Crippen LogP contribution is -2.21. The minimum absolute atomic E-state index is 0.0264. The molecule has 0 aliphatic rings. The molecule has 0 bridgehead atoms. The summed E-state index contributed by atoms with van der Waals surface area (Å²) in [6.07, 6.45) is 0. The number of amides is 2. The van der Waals surface area contributed by atoms with E-state index in [-0.39, 0.29) is 28.1 Å². The van der Waals surface area contributed by atoms with Crippen molar-refractivity contribution < 1.29 is 23.9 Å². The van der Waals surface area contributed by atoms with Gasteiger partial charge in [-0.2, -0.15) is 0 Å². The molecule has 0 saturated heterocycles. The Morgan fingerprint density at radius 1 is 1.21 bits per heavy atom. The van der Waals surface area contributed by atoms with Crippen LogP contribution in [0.2, 0.25) is 0 Å². The topological polar surface area (TPSA) is 116 Å². The summed E-state index contributed by atoms with van der Waals surface area (Å²) in [5.74, 6) is 0.131. The molecule has 2 amide bonds. The number of hydrogen-bond donors (Lipinski definition) is 1. The Hall–Kier alpha value is -3.38. The number of aromatic nitrogens is 3. The van der Waals surface area contributed by atoms with Gasteiger partial charge in [0.15, 0.2) is 11.0 Å². The second-order valence-electron chi connectivity index (χ2n) is 7.39. The van der Waals surface area contributed by atoms with Crippen molar-refractivity contribution in [2.75, 3.05) is 39.4 Å². The molecule has 12 heteroatoms. The van der Waals surface area contributed by atoms with Crippen LogP contribution in [0.4, 0.5) is 5.00 Å². The number of esters is 1. The Bertz CT molecular complexity index is 1230. The fourth-order valence-corrected chi connectivity index (χ4v) is 5.05. The van der Waals surface area contributed by atoms with E-state index in [9.17, 15) is 14.4 Å². The predicted octanol–water partition coefficient (Wildman–Crippen LogP) is 3.08. The highest BCUT2D eigenvalue weighted by atomic mass is 32.2. The van der Waals surface area contributed by atoms with Gasteiger partial charge in [0, 0.05) is 26.7 Å². The Labute approximate surface area is 205 Å². The number of methoxy groups -OCH3 is 2. The SMILES string of the molecule is COC(=O)c1c(NC(=O)CSc2nnc(-c3cccc(OC)c3)n2C)sc(C(=O)N(C)C)c1C. The van der Waals surface area contributed by atoms with Gasteiger partial charge in [-0.15, -0.1) is 21.5 Å². The summed E-state index contributed by atoms with van der Waals surface area (Å²) in [6.45, 7) is 1.66. The highest BCUT2D eigenvalue weighted by Crippen LogP contribution is 2.34. The molecule has 0 aliphatic carbocycles. The average Bonchev–Trinajstić information content (AvgIpc) is 3.35. The van der Waals surface area contributed by atoms with Crippen LogP contribution in [0.1, 0.15) is 25.6 Å². The van der Waals surface area contributed by atoms with E-state index in [1.807, 2.05) is 31.3 Å². The van der Waals surface area contributed by atoms with E-state index in [0.717, 1.165) is 16.9 Å². The van der Waals surface area contributed by atoms with E-state index in [4.69, 9.17) is 9.47 Å². The molecule has 1 N–H and O–H groups in total. The smallest absolute Gasteiger partial charge is 0.341 e. The number of carbonyl (C=O) groups excluding carboxylic acids is 3. The first kappa shape index (κ1) is 25.2. The fraction of sp³-hybridized carbons (Fsp3) is 0.318. The van der Waals surface area contributed by atoms with Gasteiger partial charge in [0.1, 0.15) is 10.8 Å². The lowest BCUT2D eigenvalue weighted by Gasteiger charge is -2.08. The normalized spacial score (nSPS) is 10.6. The third-order valence-electron chi connectivity index (χ3n) is 4.88. The van der Waals surface area contributed by atoms with Gasteiger partial charge in [-0.05, 0) is 24.6 Å². The lowest BCUT2D eigenvalue weighted by atomic mass is 10.1. The molecule has 3 rings (SSSR count). The maximum absolute atomic E-state index is 12.7. The lowest BCUT2D eigenvalue weighted by molar-refractivity contribution is -0.113. The van der Waals surface area contributed by atoms with Crippen LogP contribution in [0.15, 0.2) is 29.4 Å². The first-order chi connectivity index (χ1) is 16.2. The van der Waals surface area contributed by atoms with E-state index in [1.54, 1.807) is 32.7 Å². The molecule has 0 atom stereocenters. The third-order valence-corrected chi connectivity index (χ3v) is 7.10. The van der Waals surface area contributed by atoms with Gasteiger partial charge in [0.25, 0.3) is 5.91 Å². The summed E-state index contributed by atoms with van der Waals surface area (Å²) in [5, 5.41) is 12.0. The quantitative estimate of drug-likeness (QED) is 0.368. The molecular weight excluding hydrogens is 478 g/mol. The summed E-state index contributed by atoms with van der Waals surface area (Å²) in [5.41, 5.74) is 1.48. The van der Waals surface area contributed by atoms with Crippen molar-refractivity contribution in [2.24, 2.45) is 7.05 Å². The molecule has 2 aromatic heterocycles. The van der Waals surface area contributed by atoms with E-state index < -0.39 is 5.97 Å². The zero-order chi connectivity index (χ0) is 25.0. The van der Waals surface area contributed by atoms with Gasteiger partial charge >= 0.3 is 5.97 Å². The van der Waals surface area contributed by atoms with E-state index in [2.05, 4.69) is 15.5 Å². The third kappa shape index (κ3) is 5.23. The number of thiophene rings is 1. The van der Waals surface area contributed by atoms with Crippen molar-refractivity contribution in [1.82, 2.24) is 19.7 Å². The van der Waals surface area contributed by atoms with Gasteiger partial charge in [0.2, 0.25) is 5.91 Å². The van der Waals surface area contributed by atoms with Crippen molar-refractivity contribution in [3.05, 3.63) is 40.3 Å². The molecule has 0 fully saturated rings. The van der Waals surface area contributed by atoms with Crippen LogP contribution >= 0.6 is 23.1 Å². The molecule has 0 saturated carbocycles. The molecule has 0 radical (unpaired) electrons. The van der Waals surface area contributed by atoms with Crippen molar-refractivity contribution in [3.63, 3.8) is 0 Å². The standard InChI is InChI=1S/C22H25N5O5S2/c1-12-16(21(30)32-6)19(34-17(12)20(29)26(2)3)23-15(28)11-33-22-25-24-18(27(22)4)13-8-7-9-14(10-13)31-5/h7-10H,11H2,1-6H3,(H,23,28). The molecular formula is C22H25N5O5S2. The van der Waals surface area contributed by atoms with E-state index >= 15 is 0 Å². The average molecular weight is 504 g/mol. The number of benzene rings is 1. The second-order valence-corrected chi connectivity index (χ2v) is 9.35. The van der Waals surface area contributed by atoms with Crippen LogP contribution in [0, 0.1) is 6.92 Å². The van der Waals surface area contributed by atoms with Gasteiger partial charge in [-0.25, -0.2) is 4.79 Å². The second kappa shape index (κ2) is 10.7. The van der Waals surface area contributed by atoms with Crippen molar-refractivity contribution in [1.29, 1.82) is 0 Å². The maximum Gasteiger partial charge on any atom is 0.341 e. The van der Waals surface area contributed by atoms with Crippen LogP contribution in [0.25, 0.3) is 11.4 Å². The largest absolute Gasteiger partial charge is 0.497 e. The summed E-state index contributed by atoms with van der Waals surface area (Å²) < 4.78 is 11.9. The van der Waals surface area contributed by atoms with Crippen LogP contribution in [0.3, 0.4) is 0 Å². The first-order valence-corrected chi connectivity index (χ1v) is 11.9. The van der Waals surface area contributed by atoms with Crippen LogP contribution < -0.4 is 10.1 Å². The maximum atomic E-state index is 12.7. The molecule has 0 spiro atoms. The van der Waals surface area contributed by atoms with Crippen molar-refractivity contribution in [3.8, 4) is 17.1 Å². The molecule has 1 aromatic carbocycles. The molecule has 0 unspecified atom stereocenters. The van der Waals surface area contributed by atoms with E-state index in [0.29, 0.717) is 27.2 Å². The summed E-state index contributed by atoms with van der Waals surface area (Å²) in [4.78, 5) is 39.3. The van der Waals surface area contributed by atoms with Crippen LogP contribution in [-0.2, 0) is 16.6 Å². The fourth-order valence-electron chi connectivity index (χ4n) is 3.10. The Morgan fingerprint density at radius 3 is 2.59 bits per heavy atom. The number of nitrogens with zero attached hydrogens (tertiary/aromatic N) is 4. The zero-order valence-corrected chi connectivity index (χ0v) is 21.3. The van der Waals surface area contributed by atoms with Gasteiger partial charge in [-0.1, -0.05) is 23.9 Å². The highest BCUT2D eigenvalue weighted by molar-refractivity contribution is 7.99. The number of thioether (sulfide) groups is 1. The van der Waals surface area contributed by atoms with Crippen molar-refractivity contribution in [2.45, 2.75) is 12.1 Å². The number of hydrogen-bond acceptors (Lipinski definition) is 9. The first-order valence-electron chi connectivity index (χ1n) is 10.1. The monoisotopic (exact) mass is 503 g/mol. The molecule has 180 valence electrons. The summed E-state index contributed by atoms with van der Waals surface area (Å²) >= 11 is 2.25. The number of rotatable bonds is 8. The van der Waals surface area contributed by atoms with Crippen LogP contribution in [-0.4, -0.2) is 71.5 Å². The molecule has 2 heterocycles. The number of anilines is 1. The Kier molecular flexibility index (Phi) is 7.94.